The zero-order chi connectivity index (χ0) is 4.99. The van der Waals surface area contributed by atoms with Crippen LogP contribution in [0.5, 0.6) is 0 Å². The van der Waals surface area contributed by atoms with Gasteiger partial charge in [-0.15, -0.1) is 0 Å². The fourth-order valence-electron chi connectivity index (χ4n) is 0.161. The van der Waals surface area contributed by atoms with Gasteiger partial charge in [0.05, 0.1) is 0 Å². The molecule has 0 saturated carbocycles. The minimum Gasteiger partial charge on any atom is -0.614 e. The molecule has 3 heteroatoms. The Morgan fingerprint density at radius 2 is 2.29 bits per heavy atom. The molecule has 0 rings (SSSR count). The quantitative estimate of drug-likeness (QED) is 0.267. The summed E-state index contributed by atoms with van der Waals surface area (Å²) in [4.78, 5) is 0. The van der Waals surface area contributed by atoms with Crippen LogP contribution in [-0.2, 0) is 4.74 Å². The summed E-state index contributed by atoms with van der Waals surface area (Å²) in [5.74, 6) is -0.461. The monoisotopic (exact) mass is 94.1 g/mol. The first kappa shape index (κ1) is 10.0. The Labute approximate surface area is 55.3 Å². The Bertz CT molecular complexity index is 53.7. The Kier molecular flexibility index (Phi) is 8.51. The van der Waals surface area contributed by atoms with Crippen molar-refractivity contribution in [3.63, 3.8) is 0 Å². The molecular formula is C4H7LiO2. The Balaban J connectivity index is 0. The van der Waals surface area contributed by atoms with Gasteiger partial charge in [0, 0.05) is 5.95 Å². The van der Waals surface area contributed by atoms with Crippen LogP contribution in [0.15, 0.2) is 12.5 Å². The van der Waals surface area contributed by atoms with Crippen molar-refractivity contribution in [2.45, 2.75) is 6.92 Å². The molecule has 36 valence electrons. The molecule has 2 nitrogen and oxygen atoms in total. The standard InChI is InChI=1S/C4H8O2.Li/c1-3-6-4(2)5;/h5H,2-3H2,1H3;/q;+1/p-1. The van der Waals surface area contributed by atoms with E-state index in [0.717, 1.165) is 0 Å². The van der Waals surface area contributed by atoms with Crippen LogP contribution in [0.2, 0.25) is 0 Å². The third-order valence-corrected chi connectivity index (χ3v) is 0.305. The molecule has 0 heterocycles. The summed E-state index contributed by atoms with van der Waals surface area (Å²) in [6.07, 6.45) is 0. The van der Waals surface area contributed by atoms with Gasteiger partial charge in [0.15, 0.2) is 0 Å². The summed E-state index contributed by atoms with van der Waals surface area (Å²) in [5, 5.41) is 9.71. The average molecular weight is 94.0 g/mol. The van der Waals surface area contributed by atoms with E-state index in [0.29, 0.717) is 6.61 Å². The fourth-order valence-corrected chi connectivity index (χ4v) is 0.161. The molecular weight excluding hydrogens is 87.0 g/mol. The molecule has 0 aromatic heterocycles. The van der Waals surface area contributed by atoms with Crippen molar-refractivity contribution in [3.05, 3.63) is 12.5 Å². The zero-order valence-corrected chi connectivity index (χ0v) is 4.73. The molecule has 0 radical (unpaired) electrons. The molecule has 0 unspecified atom stereocenters. The predicted molar refractivity (Wildman–Crippen MR) is 20.8 cm³/mol. The Morgan fingerprint density at radius 1 is 1.86 bits per heavy atom. The molecule has 0 amide bonds. The van der Waals surface area contributed by atoms with Crippen LogP contribution in [0, 0.1) is 0 Å². The van der Waals surface area contributed by atoms with Gasteiger partial charge in [-0.2, -0.15) is 0 Å². The van der Waals surface area contributed by atoms with Crippen molar-refractivity contribution in [1.82, 2.24) is 0 Å². The van der Waals surface area contributed by atoms with Crippen molar-refractivity contribution in [3.8, 4) is 0 Å². The molecule has 0 aliphatic heterocycles. The summed E-state index contributed by atoms with van der Waals surface area (Å²) < 4.78 is 4.29. The van der Waals surface area contributed by atoms with E-state index in [1.165, 1.54) is 0 Å². The van der Waals surface area contributed by atoms with Crippen LogP contribution in [-0.4, -0.2) is 6.61 Å². The molecule has 0 bridgehead atoms. The van der Waals surface area contributed by atoms with E-state index in [2.05, 4.69) is 11.3 Å². The van der Waals surface area contributed by atoms with Crippen LogP contribution in [0.4, 0.5) is 0 Å². The third kappa shape index (κ3) is 10.7. The first-order chi connectivity index (χ1) is 2.77. The number of hydrogen-bond donors (Lipinski definition) is 0. The summed E-state index contributed by atoms with van der Waals surface area (Å²) in [5.41, 5.74) is 0. The van der Waals surface area contributed by atoms with E-state index in [-0.39, 0.29) is 18.9 Å². The molecule has 0 fully saturated rings. The molecule has 0 N–H and O–H groups in total. The summed E-state index contributed by atoms with van der Waals surface area (Å²) in [6.45, 7) is 5.13. The molecule has 0 aromatic carbocycles. The number of hydrogen-bond acceptors (Lipinski definition) is 2. The van der Waals surface area contributed by atoms with Gasteiger partial charge in [-0.05, 0) is 6.61 Å². The van der Waals surface area contributed by atoms with Gasteiger partial charge in [-0.3, -0.25) is 0 Å². The van der Waals surface area contributed by atoms with E-state index in [9.17, 15) is 5.11 Å². The molecule has 0 aliphatic carbocycles. The molecule has 0 atom stereocenters. The van der Waals surface area contributed by atoms with Crippen molar-refractivity contribution in [1.29, 1.82) is 0 Å². The smallest absolute Gasteiger partial charge is 0.614 e. The van der Waals surface area contributed by atoms with Crippen molar-refractivity contribution in [2.24, 2.45) is 0 Å². The topological polar surface area (TPSA) is 32.3 Å². The maximum atomic E-state index is 9.71. The van der Waals surface area contributed by atoms with Crippen molar-refractivity contribution < 1.29 is 28.7 Å². The van der Waals surface area contributed by atoms with Gasteiger partial charge in [0.1, 0.15) is 0 Å². The summed E-state index contributed by atoms with van der Waals surface area (Å²) in [6, 6.07) is 0. The Morgan fingerprint density at radius 3 is 2.29 bits per heavy atom. The predicted octanol–water partition coefficient (Wildman–Crippen LogP) is -3.14. The van der Waals surface area contributed by atoms with E-state index >= 15 is 0 Å². The van der Waals surface area contributed by atoms with Crippen molar-refractivity contribution in [2.75, 3.05) is 6.61 Å². The first-order valence-corrected chi connectivity index (χ1v) is 1.76. The van der Waals surface area contributed by atoms with Crippen LogP contribution in [0.25, 0.3) is 0 Å². The minimum absolute atomic E-state index is 0. The van der Waals surface area contributed by atoms with Gasteiger partial charge < -0.3 is 9.84 Å². The van der Waals surface area contributed by atoms with Gasteiger partial charge in [-0.25, -0.2) is 0 Å². The largest absolute Gasteiger partial charge is 1.00 e. The third-order valence-electron chi connectivity index (χ3n) is 0.305. The van der Waals surface area contributed by atoms with Gasteiger partial charge in [0.25, 0.3) is 0 Å². The second-order valence-electron chi connectivity index (χ2n) is 0.805. The van der Waals surface area contributed by atoms with E-state index in [1.807, 2.05) is 0 Å². The van der Waals surface area contributed by atoms with Crippen molar-refractivity contribution >= 4 is 0 Å². The first-order valence-electron chi connectivity index (χ1n) is 1.76. The number of rotatable bonds is 2. The summed E-state index contributed by atoms with van der Waals surface area (Å²) >= 11 is 0. The molecule has 0 aliphatic rings. The average Bonchev–Trinajstić information content (AvgIpc) is 1.35. The normalized spacial score (nSPS) is 6.43. The summed E-state index contributed by atoms with van der Waals surface area (Å²) in [7, 11) is 0. The molecule has 0 spiro atoms. The number of ether oxygens (including phenoxy) is 1. The van der Waals surface area contributed by atoms with Crippen LogP contribution in [0.1, 0.15) is 6.92 Å². The van der Waals surface area contributed by atoms with Gasteiger partial charge in [0.2, 0.25) is 0 Å². The molecule has 0 saturated heterocycles. The van der Waals surface area contributed by atoms with Crippen LogP contribution < -0.4 is 24.0 Å². The second kappa shape index (κ2) is 5.94. The van der Waals surface area contributed by atoms with Crippen LogP contribution >= 0.6 is 0 Å². The fraction of sp³-hybridized carbons (Fsp3) is 0.500. The van der Waals surface area contributed by atoms with E-state index in [1.54, 1.807) is 6.92 Å². The molecule has 0 aromatic rings. The zero-order valence-electron chi connectivity index (χ0n) is 4.73. The Hall–Kier alpha value is -0.0626. The van der Waals surface area contributed by atoms with E-state index < -0.39 is 5.95 Å². The van der Waals surface area contributed by atoms with Crippen LogP contribution in [0.3, 0.4) is 0 Å². The SMILES string of the molecule is C=C([O-])OCC.[Li+]. The maximum absolute atomic E-state index is 9.71. The second-order valence-corrected chi connectivity index (χ2v) is 0.805. The minimum atomic E-state index is -0.461. The molecule has 7 heavy (non-hydrogen) atoms. The van der Waals surface area contributed by atoms with E-state index in [4.69, 9.17) is 0 Å². The maximum Gasteiger partial charge on any atom is 1.00 e. The van der Waals surface area contributed by atoms with Gasteiger partial charge >= 0.3 is 18.9 Å². The van der Waals surface area contributed by atoms with Gasteiger partial charge in [-0.1, -0.05) is 13.5 Å².